The molecule has 0 fully saturated rings. The Morgan fingerprint density at radius 3 is 2.71 bits per heavy atom. The number of hydrogen-bond donors (Lipinski definition) is 2. The summed E-state index contributed by atoms with van der Waals surface area (Å²) in [6.45, 7) is 2.58. The van der Waals surface area contributed by atoms with Crippen LogP contribution in [-0.2, 0) is 6.54 Å². The number of pyridine rings is 1. The molecular weight excluding hydrogens is 266 g/mol. The number of aromatic nitrogens is 1. The highest BCUT2D eigenvalue weighted by Gasteiger charge is 2.12. The number of benzene rings is 1. The predicted molar refractivity (Wildman–Crippen MR) is 84.0 cm³/mol. The van der Waals surface area contributed by atoms with Crippen molar-refractivity contribution >= 4 is 5.84 Å². The smallest absolute Gasteiger partial charge is 0.262 e. The number of nitrogens with two attached hydrogens (primary N) is 1. The lowest BCUT2D eigenvalue weighted by atomic mass is 10.1. The van der Waals surface area contributed by atoms with Crippen LogP contribution in [0.2, 0.25) is 0 Å². The number of hydrogen-bond acceptors (Lipinski definition) is 3. The standard InChI is InChI=1S/C16H19N3O2/c1-3-9-19-14(8-7-13(15(17)18)16(19)20)11-5-4-6-12(10-11)21-2/h4-8,10H,3,9H2,1-2H3,(H3,17,18). The second-order valence-electron chi connectivity index (χ2n) is 4.73. The monoisotopic (exact) mass is 285 g/mol. The molecule has 3 N–H and O–H groups in total. The van der Waals surface area contributed by atoms with Crippen molar-refractivity contribution in [2.45, 2.75) is 19.9 Å². The van der Waals surface area contributed by atoms with Crippen molar-refractivity contribution in [3.05, 3.63) is 52.3 Å². The molecule has 0 saturated heterocycles. The number of ether oxygens (including phenoxy) is 1. The van der Waals surface area contributed by atoms with Crippen molar-refractivity contribution in [2.75, 3.05) is 7.11 Å². The first kappa shape index (κ1) is 14.8. The van der Waals surface area contributed by atoms with E-state index in [2.05, 4.69) is 0 Å². The SMILES string of the molecule is CCCn1c(-c2cccc(OC)c2)ccc(C(=N)N)c1=O. The number of nitrogens with one attached hydrogen (secondary N) is 1. The largest absolute Gasteiger partial charge is 0.497 e. The second-order valence-corrected chi connectivity index (χ2v) is 4.73. The molecule has 21 heavy (non-hydrogen) atoms. The molecule has 1 aromatic carbocycles. The molecule has 5 nitrogen and oxygen atoms in total. The van der Waals surface area contributed by atoms with E-state index in [-0.39, 0.29) is 17.0 Å². The quantitative estimate of drug-likeness (QED) is 0.653. The first-order valence-electron chi connectivity index (χ1n) is 6.81. The van der Waals surface area contributed by atoms with Crippen molar-refractivity contribution in [1.29, 1.82) is 5.41 Å². The van der Waals surface area contributed by atoms with Crippen LogP contribution in [-0.4, -0.2) is 17.5 Å². The maximum atomic E-state index is 12.5. The van der Waals surface area contributed by atoms with Crippen molar-refractivity contribution in [3.63, 3.8) is 0 Å². The van der Waals surface area contributed by atoms with Crippen molar-refractivity contribution in [2.24, 2.45) is 5.73 Å². The minimum Gasteiger partial charge on any atom is -0.497 e. The van der Waals surface area contributed by atoms with Gasteiger partial charge in [-0.1, -0.05) is 19.1 Å². The van der Waals surface area contributed by atoms with Gasteiger partial charge in [-0.15, -0.1) is 0 Å². The lowest BCUT2D eigenvalue weighted by molar-refractivity contribution is 0.415. The highest BCUT2D eigenvalue weighted by atomic mass is 16.5. The van der Waals surface area contributed by atoms with E-state index in [1.807, 2.05) is 37.3 Å². The number of methoxy groups -OCH3 is 1. The van der Waals surface area contributed by atoms with Crippen molar-refractivity contribution in [3.8, 4) is 17.0 Å². The zero-order chi connectivity index (χ0) is 15.4. The third-order valence-corrected chi connectivity index (χ3v) is 3.28. The van der Waals surface area contributed by atoms with Crippen LogP contribution in [0, 0.1) is 5.41 Å². The number of nitrogens with zero attached hydrogens (tertiary/aromatic N) is 1. The summed E-state index contributed by atoms with van der Waals surface area (Å²) < 4.78 is 6.89. The highest BCUT2D eigenvalue weighted by molar-refractivity contribution is 5.94. The van der Waals surface area contributed by atoms with Crippen LogP contribution in [0.3, 0.4) is 0 Å². The average molecular weight is 285 g/mol. The molecule has 0 saturated carbocycles. The Bertz CT molecular complexity index is 720. The van der Waals surface area contributed by atoms with Crippen LogP contribution in [0.5, 0.6) is 5.75 Å². The van der Waals surface area contributed by atoms with Gasteiger partial charge in [-0.25, -0.2) is 0 Å². The Kier molecular flexibility index (Phi) is 4.42. The normalized spacial score (nSPS) is 10.4. The van der Waals surface area contributed by atoms with Gasteiger partial charge in [0.05, 0.1) is 18.4 Å². The molecular formula is C16H19N3O2. The fraction of sp³-hybridized carbons (Fsp3) is 0.250. The van der Waals surface area contributed by atoms with Gasteiger partial charge in [0.1, 0.15) is 11.6 Å². The van der Waals surface area contributed by atoms with Crippen LogP contribution in [0.25, 0.3) is 11.3 Å². The van der Waals surface area contributed by atoms with E-state index in [1.54, 1.807) is 17.7 Å². The summed E-state index contributed by atoms with van der Waals surface area (Å²) in [6, 6.07) is 11.0. The lowest BCUT2D eigenvalue weighted by Crippen LogP contribution is -2.30. The molecule has 0 aliphatic heterocycles. The summed E-state index contributed by atoms with van der Waals surface area (Å²) in [5.74, 6) is 0.528. The summed E-state index contributed by atoms with van der Waals surface area (Å²) in [5, 5.41) is 7.49. The molecule has 5 heteroatoms. The summed E-state index contributed by atoms with van der Waals surface area (Å²) in [7, 11) is 1.61. The predicted octanol–water partition coefficient (Wildman–Crippen LogP) is 2.22. The van der Waals surface area contributed by atoms with Gasteiger partial charge in [0.2, 0.25) is 0 Å². The van der Waals surface area contributed by atoms with E-state index in [0.29, 0.717) is 6.54 Å². The molecule has 0 aliphatic rings. The van der Waals surface area contributed by atoms with Gasteiger partial charge in [-0.2, -0.15) is 0 Å². The molecule has 0 spiro atoms. The van der Waals surface area contributed by atoms with E-state index in [0.717, 1.165) is 23.4 Å². The summed E-state index contributed by atoms with van der Waals surface area (Å²) in [5.41, 5.74) is 7.16. The van der Waals surface area contributed by atoms with E-state index in [1.165, 1.54) is 0 Å². The maximum absolute atomic E-state index is 12.5. The van der Waals surface area contributed by atoms with Crippen molar-refractivity contribution in [1.82, 2.24) is 4.57 Å². The summed E-state index contributed by atoms with van der Waals surface area (Å²) >= 11 is 0. The zero-order valence-electron chi connectivity index (χ0n) is 12.2. The number of nitrogen functional groups attached to an aromatic ring is 1. The zero-order valence-corrected chi connectivity index (χ0v) is 12.2. The second kappa shape index (κ2) is 6.26. The number of rotatable bonds is 5. The van der Waals surface area contributed by atoms with E-state index < -0.39 is 0 Å². The van der Waals surface area contributed by atoms with Crippen LogP contribution < -0.4 is 16.0 Å². The van der Waals surface area contributed by atoms with Crippen LogP contribution >= 0.6 is 0 Å². The van der Waals surface area contributed by atoms with Gasteiger partial charge in [-0.3, -0.25) is 10.2 Å². The van der Waals surface area contributed by atoms with E-state index >= 15 is 0 Å². The Balaban J connectivity index is 2.65. The third-order valence-electron chi connectivity index (χ3n) is 3.28. The fourth-order valence-electron chi connectivity index (χ4n) is 2.26. The molecule has 0 unspecified atom stereocenters. The van der Waals surface area contributed by atoms with Gasteiger partial charge in [0, 0.05) is 12.1 Å². The minimum atomic E-state index is -0.232. The molecule has 1 aromatic heterocycles. The molecule has 0 amide bonds. The third kappa shape index (κ3) is 2.97. The van der Waals surface area contributed by atoms with Crippen LogP contribution in [0.4, 0.5) is 0 Å². The molecule has 0 aliphatic carbocycles. The van der Waals surface area contributed by atoms with Gasteiger partial charge in [-0.05, 0) is 30.7 Å². The Hall–Kier alpha value is -2.56. The average Bonchev–Trinajstić information content (AvgIpc) is 2.49. The highest BCUT2D eigenvalue weighted by Crippen LogP contribution is 2.23. The molecule has 2 rings (SSSR count). The van der Waals surface area contributed by atoms with Gasteiger partial charge in [0.25, 0.3) is 5.56 Å². The van der Waals surface area contributed by atoms with E-state index in [9.17, 15) is 4.79 Å². The Morgan fingerprint density at radius 1 is 1.33 bits per heavy atom. The van der Waals surface area contributed by atoms with Crippen LogP contribution in [0.15, 0.2) is 41.2 Å². The molecule has 2 aromatic rings. The minimum absolute atomic E-state index is 0.206. The Labute approximate surface area is 123 Å². The summed E-state index contributed by atoms with van der Waals surface area (Å²) in [6.07, 6.45) is 0.818. The van der Waals surface area contributed by atoms with E-state index in [4.69, 9.17) is 15.9 Å². The Morgan fingerprint density at radius 2 is 2.10 bits per heavy atom. The fourth-order valence-corrected chi connectivity index (χ4v) is 2.26. The van der Waals surface area contributed by atoms with Gasteiger partial charge < -0.3 is 15.0 Å². The number of amidine groups is 1. The van der Waals surface area contributed by atoms with Gasteiger partial charge >= 0.3 is 0 Å². The van der Waals surface area contributed by atoms with Gasteiger partial charge in [0.15, 0.2) is 0 Å². The molecule has 0 bridgehead atoms. The first-order chi connectivity index (χ1) is 10.1. The molecule has 0 radical (unpaired) electrons. The van der Waals surface area contributed by atoms with Crippen molar-refractivity contribution < 1.29 is 4.74 Å². The maximum Gasteiger partial charge on any atom is 0.262 e. The molecule has 0 atom stereocenters. The topological polar surface area (TPSA) is 81.1 Å². The first-order valence-corrected chi connectivity index (χ1v) is 6.81. The van der Waals surface area contributed by atoms with Crippen LogP contribution in [0.1, 0.15) is 18.9 Å². The molecule has 1 heterocycles. The molecule has 110 valence electrons. The lowest BCUT2D eigenvalue weighted by Gasteiger charge is -2.14. The summed E-state index contributed by atoms with van der Waals surface area (Å²) in [4.78, 5) is 12.5.